The van der Waals surface area contributed by atoms with Crippen LogP contribution in [0.4, 0.5) is 4.39 Å². The predicted molar refractivity (Wildman–Crippen MR) is 117 cm³/mol. The van der Waals surface area contributed by atoms with Crippen molar-refractivity contribution in [3.63, 3.8) is 0 Å². The van der Waals surface area contributed by atoms with E-state index in [1.54, 1.807) is 6.92 Å². The zero-order valence-corrected chi connectivity index (χ0v) is 19.7. The lowest BCUT2D eigenvalue weighted by atomic mass is 9.46. The average Bonchev–Trinajstić information content (AvgIpc) is 2.66. The highest BCUT2D eigenvalue weighted by atomic mass is 32.2. The molecule has 0 aromatic heterocycles. The molecule has 4 aliphatic rings. The van der Waals surface area contributed by atoms with Gasteiger partial charge in [-0.05, 0) is 76.3 Å². The molecule has 0 spiro atoms. The first-order chi connectivity index (χ1) is 14.9. The summed E-state index contributed by atoms with van der Waals surface area (Å²) in [6.07, 6.45) is 4.61. The zero-order chi connectivity index (χ0) is 23.5. The predicted octanol–water partition coefficient (Wildman–Crippen LogP) is 2.56. The normalized spacial score (nSPS) is 31.7. The molecule has 4 saturated carbocycles. The number of hydrogen-bond donors (Lipinski definition) is 2. The van der Waals surface area contributed by atoms with Crippen molar-refractivity contribution in [2.45, 2.75) is 75.3 Å². The second-order valence-corrected chi connectivity index (χ2v) is 12.3. The van der Waals surface area contributed by atoms with E-state index in [-0.39, 0.29) is 12.5 Å². The molecule has 2 amide bonds. The Labute approximate surface area is 189 Å². The van der Waals surface area contributed by atoms with Crippen LogP contribution in [-0.2, 0) is 19.6 Å². The van der Waals surface area contributed by atoms with Crippen molar-refractivity contribution in [2.24, 2.45) is 23.0 Å². The molecule has 4 aliphatic carbocycles. The minimum atomic E-state index is -4.25. The van der Waals surface area contributed by atoms with Crippen LogP contribution in [0.25, 0.3) is 0 Å². The van der Waals surface area contributed by atoms with Crippen molar-refractivity contribution in [3.05, 3.63) is 30.1 Å². The minimum Gasteiger partial charge on any atom is -0.369 e. The number of amides is 2. The van der Waals surface area contributed by atoms with Gasteiger partial charge in [0.05, 0.1) is 5.41 Å². The number of likely N-dealkylation sites (N-methyl/N-ethyl adjacent to an activating group) is 1. The Morgan fingerprint density at radius 1 is 1.19 bits per heavy atom. The third-order valence-electron chi connectivity index (χ3n) is 7.83. The first kappa shape index (κ1) is 23.2. The first-order valence-corrected chi connectivity index (χ1v) is 12.7. The summed E-state index contributed by atoms with van der Waals surface area (Å²) in [5.74, 6) is -0.942. The molecule has 5 rings (SSSR count). The summed E-state index contributed by atoms with van der Waals surface area (Å²) in [6.45, 7) is 4.70. The molecule has 0 saturated heterocycles. The minimum absolute atomic E-state index is 0.000557. The Bertz CT molecular complexity index is 1040. The van der Waals surface area contributed by atoms with Gasteiger partial charge in [0.15, 0.2) is 0 Å². The molecule has 9 heteroatoms. The maximum Gasteiger partial charge on any atom is 0.246 e. The van der Waals surface area contributed by atoms with Crippen LogP contribution in [0.2, 0.25) is 0 Å². The molecule has 4 fully saturated rings. The standard InChI is InChI=1S/C23H32FN3O4S/c1-4-27(32(30,31)18-8-6-5-7-17(18)24)21(2,3)20(29)26-23-12-15-9-16(13-23)11-22(10-15,14-23)19(25)28/h5-8,15-16H,4,9-14H2,1-3H3,(H2,25,28)(H,26,29). The number of halogens is 1. The van der Waals surface area contributed by atoms with E-state index in [1.807, 2.05) is 0 Å². The van der Waals surface area contributed by atoms with Gasteiger partial charge in [-0.3, -0.25) is 9.59 Å². The molecule has 2 atom stereocenters. The fourth-order valence-corrected chi connectivity index (χ4v) is 8.67. The van der Waals surface area contributed by atoms with Crippen LogP contribution >= 0.6 is 0 Å². The van der Waals surface area contributed by atoms with Gasteiger partial charge < -0.3 is 11.1 Å². The van der Waals surface area contributed by atoms with Crippen LogP contribution in [0, 0.1) is 23.1 Å². The van der Waals surface area contributed by atoms with Gasteiger partial charge in [0, 0.05) is 12.1 Å². The second-order valence-electron chi connectivity index (χ2n) is 10.5. The fraction of sp³-hybridized carbons (Fsp3) is 0.652. The molecule has 1 aromatic rings. The zero-order valence-electron chi connectivity index (χ0n) is 18.9. The van der Waals surface area contributed by atoms with Crippen molar-refractivity contribution in [3.8, 4) is 0 Å². The van der Waals surface area contributed by atoms with E-state index in [4.69, 9.17) is 5.73 Å². The molecule has 176 valence electrons. The van der Waals surface area contributed by atoms with Crippen LogP contribution in [0.15, 0.2) is 29.2 Å². The van der Waals surface area contributed by atoms with Gasteiger partial charge in [0.2, 0.25) is 21.8 Å². The molecular formula is C23H32FN3O4S. The van der Waals surface area contributed by atoms with Crippen molar-refractivity contribution in [1.29, 1.82) is 0 Å². The Hall–Kier alpha value is -2.00. The average molecular weight is 466 g/mol. The Balaban J connectivity index is 1.62. The monoisotopic (exact) mass is 465 g/mol. The molecule has 2 unspecified atom stereocenters. The van der Waals surface area contributed by atoms with Crippen LogP contribution in [0.5, 0.6) is 0 Å². The number of benzene rings is 1. The molecule has 1 aromatic carbocycles. The summed E-state index contributed by atoms with van der Waals surface area (Å²) in [4.78, 5) is 25.4. The van der Waals surface area contributed by atoms with Gasteiger partial charge in [0.1, 0.15) is 16.3 Å². The number of nitrogens with two attached hydrogens (primary N) is 1. The summed E-state index contributed by atoms with van der Waals surface area (Å²) in [7, 11) is -4.25. The van der Waals surface area contributed by atoms with Crippen molar-refractivity contribution in [2.75, 3.05) is 6.54 Å². The van der Waals surface area contributed by atoms with Gasteiger partial charge >= 0.3 is 0 Å². The van der Waals surface area contributed by atoms with Crippen molar-refractivity contribution in [1.82, 2.24) is 9.62 Å². The highest BCUT2D eigenvalue weighted by molar-refractivity contribution is 7.89. The summed E-state index contributed by atoms with van der Waals surface area (Å²) < 4.78 is 41.9. The van der Waals surface area contributed by atoms with E-state index < -0.39 is 43.1 Å². The van der Waals surface area contributed by atoms with Crippen molar-refractivity contribution < 1.29 is 22.4 Å². The summed E-state index contributed by atoms with van der Waals surface area (Å²) in [5.41, 5.74) is 3.19. The molecule has 3 N–H and O–H groups in total. The number of hydrogen-bond acceptors (Lipinski definition) is 4. The lowest BCUT2D eigenvalue weighted by Crippen LogP contribution is -2.68. The van der Waals surface area contributed by atoms with Gasteiger partial charge in [-0.2, -0.15) is 4.31 Å². The molecule has 7 nitrogen and oxygen atoms in total. The van der Waals surface area contributed by atoms with Gasteiger partial charge in [-0.15, -0.1) is 0 Å². The molecular weight excluding hydrogens is 433 g/mol. The van der Waals surface area contributed by atoms with Crippen molar-refractivity contribution >= 4 is 21.8 Å². The number of carbonyl (C=O) groups is 2. The third kappa shape index (κ3) is 3.53. The van der Waals surface area contributed by atoms with Gasteiger partial charge in [-0.25, -0.2) is 12.8 Å². The second kappa shape index (κ2) is 7.52. The molecule has 0 radical (unpaired) electrons. The summed E-state index contributed by atoms with van der Waals surface area (Å²) in [6, 6.07) is 5.17. The maximum atomic E-state index is 14.3. The van der Waals surface area contributed by atoms with E-state index >= 15 is 0 Å². The molecule has 4 bridgehead atoms. The Kier molecular flexibility index (Phi) is 5.44. The highest BCUT2D eigenvalue weighted by Gasteiger charge is 2.61. The summed E-state index contributed by atoms with van der Waals surface area (Å²) in [5, 5.41) is 3.15. The molecule has 0 heterocycles. The largest absolute Gasteiger partial charge is 0.369 e. The van der Waals surface area contributed by atoms with Crippen LogP contribution in [0.3, 0.4) is 0 Å². The quantitative estimate of drug-likeness (QED) is 0.645. The SMILES string of the molecule is CCN(C(C)(C)C(=O)NC12CC3CC(C1)CC(C(N)=O)(C3)C2)S(=O)(=O)c1ccccc1F. The van der Waals surface area contributed by atoms with E-state index in [1.165, 1.54) is 32.0 Å². The Morgan fingerprint density at radius 3 is 2.31 bits per heavy atom. The van der Waals surface area contributed by atoms with Gasteiger partial charge in [-0.1, -0.05) is 19.1 Å². The number of primary amides is 1. The first-order valence-electron chi connectivity index (χ1n) is 11.3. The van der Waals surface area contributed by atoms with Crippen LogP contribution in [-0.4, -0.2) is 42.2 Å². The fourth-order valence-electron chi connectivity index (χ4n) is 6.84. The van der Waals surface area contributed by atoms with Gasteiger partial charge in [0.25, 0.3) is 0 Å². The number of nitrogens with zero attached hydrogens (tertiary/aromatic N) is 1. The van der Waals surface area contributed by atoms with E-state index in [0.717, 1.165) is 42.5 Å². The topological polar surface area (TPSA) is 110 Å². The highest BCUT2D eigenvalue weighted by Crippen LogP contribution is 2.61. The third-order valence-corrected chi connectivity index (χ3v) is 10.0. The molecule has 32 heavy (non-hydrogen) atoms. The Morgan fingerprint density at radius 2 is 1.78 bits per heavy atom. The lowest BCUT2D eigenvalue weighted by molar-refractivity contribution is -0.152. The van der Waals surface area contributed by atoms with E-state index in [0.29, 0.717) is 18.3 Å². The number of rotatable bonds is 7. The van der Waals surface area contributed by atoms with E-state index in [2.05, 4.69) is 5.32 Å². The smallest absolute Gasteiger partial charge is 0.246 e. The van der Waals surface area contributed by atoms with Crippen LogP contribution < -0.4 is 11.1 Å². The maximum absolute atomic E-state index is 14.3. The number of carbonyl (C=O) groups excluding carboxylic acids is 2. The van der Waals surface area contributed by atoms with E-state index in [9.17, 15) is 22.4 Å². The number of sulfonamides is 1. The lowest BCUT2D eigenvalue weighted by Gasteiger charge is -2.61. The molecule has 0 aliphatic heterocycles. The van der Waals surface area contributed by atoms with Crippen LogP contribution in [0.1, 0.15) is 59.3 Å². The number of nitrogens with one attached hydrogen (secondary N) is 1. The summed E-state index contributed by atoms with van der Waals surface area (Å²) >= 11 is 0.